The first-order chi connectivity index (χ1) is 8.51. The summed E-state index contributed by atoms with van der Waals surface area (Å²) in [6, 6.07) is 10.2. The van der Waals surface area contributed by atoms with Crippen LogP contribution in [0.2, 0.25) is 19.6 Å². The second-order valence-electron chi connectivity index (χ2n) is 5.30. The molecule has 1 atom stereocenters. The molecule has 1 rings (SSSR count). The molecule has 18 heavy (non-hydrogen) atoms. The molecule has 0 aliphatic heterocycles. The van der Waals surface area contributed by atoms with Crippen LogP contribution in [0.25, 0.3) is 6.08 Å². The van der Waals surface area contributed by atoms with E-state index in [0.717, 1.165) is 0 Å². The lowest BCUT2D eigenvalue weighted by atomic mass is 10.1. The molecule has 0 bridgehead atoms. The molecule has 0 heterocycles. The Kier molecular flexibility index (Phi) is 5.50. The zero-order chi connectivity index (χ0) is 13.4. The van der Waals surface area contributed by atoms with Crippen LogP contribution in [0.4, 0.5) is 0 Å². The molecule has 0 saturated heterocycles. The fourth-order valence-electron chi connectivity index (χ4n) is 1.39. The first-order valence-corrected chi connectivity index (χ1v) is 9.71. The smallest absolute Gasteiger partial charge is 0.129 e. The van der Waals surface area contributed by atoms with Crippen molar-refractivity contribution in [1.82, 2.24) is 0 Å². The molecule has 0 radical (unpaired) electrons. The lowest BCUT2D eigenvalue weighted by Gasteiger charge is -2.06. The molecule has 1 aromatic carbocycles. The standard InChI is InChI=1S/C17H20Si/c1-5-9-16(14-15-18(2,3)4)12-13-17-10-7-6-8-11-17/h1,6-8,10-13,16H,9H2,2-4H3. The van der Waals surface area contributed by atoms with Crippen molar-refractivity contribution < 1.29 is 0 Å². The van der Waals surface area contributed by atoms with E-state index in [4.69, 9.17) is 6.42 Å². The van der Waals surface area contributed by atoms with Gasteiger partial charge in [0.25, 0.3) is 0 Å². The van der Waals surface area contributed by atoms with E-state index >= 15 is 0 Å². The third-order valence-electron chi connectivity index (χ3n) is 2.29. The van der Waals surface area contributed by atoms with Gasteiger partial charge in [-0.3, -0.25) is 0 Å². The van der Waals surface area contributed by atoms with Crippen molar-refractivity contribution in [3.8, 4) is 23.8 Å². The minimum atomic E-state index is -1.32. The Hall–Kier alpha value is -1.70. The number of rotatable bonds is 3. The molecule has 0 nitrogen and oxygen atoms in total. The molecule has 0 saturated carbocycles. The Balaban J connectivity index is 2.78. The van der Waals surface area contributed by atoms with Gasteiger partial charge >= 0.3 is 0 Å². The number of allylic oxidation sites excluding steroid dienone is 1. The first kappa shape index (κ1) is 14.4. The second-order valence-corrected chi connectivity index (χ2v) is 10.1. The summed E-state index contributed by atoms with van der Waals surface area (Å²) in [6.07, 6.45) is 10.3. The Labute approximate surface area is 112 Å². The maximum Gasteiger partial charge on any atom is 0.129 e. The average Bonchev–Trinajstić information content (AvgIpc) is 2.33. The van der Waals surface area contributed by atoms with Crippen molar-refractivity contribution >= 4 is 14.1 Å². The number of hydrogen-bond donors (Lipinski definition) is 0. The van der Waals surface area contributed by atoms with Gasteiger partial charge < -0.3 is 0 Å². The molecule has 92 valence electrons. The second kappa shape index (κ2) is 6.89. The summed E-state index contributed by atoms with van der Waals surface area (Å²) < 4.78 is 0. The van der Waals surface area contributed by atoms with E-state index in [9.17, 15) is 0 Å². The van der Waals surface area contributed by atoms with Crippen LogP contribution in [0, 0.1) is 29.7 Å². The summed E-state index contributed by atoms with van der Waals surface area (Å²) in [5, 5.41) is 0. The molecule has 0 spiro atoms. The zero-order valence-electron chi connectivity index (χ0n) is 11.4. The minimum Gasteiger partial charge on any atom is -0.131 e. The minimum absolute atomic E-state index is 0.168. The van der Waals surface area contributed by atoms with Crippen LogP contribution >= 0.6 is 0 Å². The third kappa shape index (κ3) is 6.14. The van der Waals surface area contributed by atoms with E-state index in [0.29, 0.717) is 6.42 Å². The van der Waals surface area contributed by atoms with Crippen molar-refractivity contribution in [3.05, 3.63) is 42.0 Å². The van der Waals surface area contributed by atoms with Gasteiger partial charge in [-0.05, 0) is 5.56 Å². The van der Waals surface area contributed by atoms with Crippen molar-refractivity contribution in [2.45, 2.75) is 26.1 Å². The molecule has 0 aliphatic carbocycles. The van der Waals surface area contributed by atoms with E-state index in [2.05, 4.69) is 61.3 Å². The van der Waals surface area contributed by atoms with Crippen LogP contribution in [0.3, 0.4) is 0 Å². The fourth-order valence-corrected chi connectivity index (χ4v) is 2.01. The van der Waals surface area contributed by atoms with Crippen LogP contribution in [0.5, 0.6) is 0 Å². The van der Waals surface area contributed by atoms with Gasteiger partial charge in [-0.15, -0.1) is 23.8 Å². The number of hydrogen-bond acceptors (Lipinski definition) is 0. The van der Waals surface area contributed by atoms with Crippen LogP contribution in [0.15, 0.2) is 36.4 Å². The molecular weight excluding hydrogens is 232 g/mol. The SMILES string of the molecule is C#CCC(C#C[Si](C)(C)C)C=Cc1ccccc1. The fraction of sp³-hybridized carbons (Fsp3) is 0.294. The molecule has 0 N–H and O–H groups in total. The molecule has 1 aromatic rings. The summed E-state index contributed by atoms with van der Waals surface area (Å²) >= 11 is 0. The van der Waals surface area contributed by atoms with E-state index in [1.165, 1.54) is 5.56 Å². The summed E-state index contributed by atoms with van der Waals surface area (Å²) in [6.45, 7) is 6.73. The van der Waals surface area contributed by atoms with E-state index in [1.54, 1.807) is 0 Å². The Morgan fingerprint density at radius 2 is 1.89 bits per heavy atom. The predicted molar refractivity (Wildman–Crippen MR) is 83.5 cm³/mol. The molecule has 0 fully saturated rings. The Morgan fingerprint density at radius 3 is 2.44 bits per heavy atom. The van der Waals surface area contributed by atoms with Crippen LogP contribution in [-0.2, 0) is 0 Å². The Bertz CT molecular complexity index is 486. The largest absolute Gasteiger partial charge is 0.131 e. The molecule has 0 amide bonds. The zero-order valence-corrected chi connectivity index (χ0v) is 12.4. The lowest BCUT2D eigenvalue weighted by molar-refractivity contribution is 0.890. The topological polar surface area (TPSA) is 0 Å². The highest BCUT2D eigenvalue weighted by atomic mass is 28.3. The number of terminal acetylenes is 1. The predicted octanol–water partition coefficient (Wildman–Crippen LogP) is 4.22. The van der Waals surface area contributed by atoms with E-state index in [-0.39, 0.29) is 5.92 Å². The maximum atomic E-state index is 5.40. The van der Waals surface area contributed by atoms with Crippen molar-refractivity contribution in [1.29, 1.82) is 0 Å². The highest BCUT2D eigenvalue weighted by Gasteiger charge is 2.08. The molecular formula is C17H20Si. The van der Waals surface area contributed by atoms with Crippen LogP contribution < -0.4 is 0 Å². The normalized spacial score (nSPS) is 12.6. The van der Waals surface area contributed by atoms with Gasteiger partial charge in [0.1, 0.15) is 8.07 Å². The van der Waals surface area contributed by atoms with E-state index < -0.39 is 8.07 Å². The number of benzene rings is 1. The summed E-state index contributed by atoms with van der Waals surface area (Å²) in [5.41, 5.74) is 4.57. The average molecular weight is 252 g/mol. The van der Waals surface area contributed by atoms with Gasteiger partial charge in [-0.2, -0.15) is 0 Å². The monoisotopic (exact) mass is 252 g/mol. The first-order valence-electron chi connectivity index (χ1n) is 6.21. The van der Waals surface area contributed by atoms with Gasteiger partial charge in [-0.25, -0.2) is 0 Å². The molecule has 1 heteroatoms. The van der Waals surface area contributed by atoms with Crippen LogP contribution in [-0.4, -0.2) is 8.07 Å². The van der Waals surface area contributed by atoms with E-state index in [1.807, 2.05) is 18.2 Å². The van der Waals surface area contributed by atoms with Gasteiger partial charge in [0.2, 0.25) is 0 Å². The molecule has 0 aromatic heterocycles. The maximum absolute atomic E-state index is 5.40. The summed E-state index contributed by atoms with van der Waals surface area (Å²) in [4.78, 5) is 0. The van der Waals surface area contributed by atoms with Crippen molar-refractivity contribution in [3.63, 3.8) is 0 Å². The summed E-state index contributed by atoms with van der Waals surface area (Å²) in [5.74, 6) is 6.18. The Morgan fingerprint density at radius 1 is 1.22 bits per heavy atom. The third-order valence-corrected chi connectivity index (χ3v) is 3.19. The van der Waals surface area contributed by atoms with Crippen LogP contribution in [0.1, 0.15) is 12.0 Å². The highest BCUT2D eigenvalue weighted by Crippen LogP contribution is 2.09. The van der Waals surface area contributed by atoms with Crippen molar-refractivity contribution in [2.75, 3.05) is 0 Å². The quantitative estimate of drug-likeness (QED) is 0.558. The molecule has 0 aliphatic rings. The van der Waals surface area contributed by atoms with Gasteiger partial charge in [-0.1, -0.05) is 62.1 Å². The molecule has 1 unspecified atom stereocenters. The van der Waals surface area contributed by atoms with Gasteiger partial charge in [0.05, 0.1) is 0 Å². The van der Waals surface area contributed by atoms with Crippen molar-refractivity contribution in [2.24, 2.45) is 5.92 Å². The van der Waals surface area contributed by atoms with Gasteiger partial charge in [0.15, 0.2) is 0 Å². The van der Waals surface area contributed by atoms with Gasteiger partial charge in [0, 0.05) is 12.3 Å². The lowest BCUT2D eigenvalue weighted by Crippen LogP contribution is -2.16. The summed E-state index contributed by atoms with van der Waals surface area (Å²) in [7, 11) is -1.32. The highest BCUT2D eigenvalue weighted by molar-refractivity contribution is 6.83.